The van der Waals surface area contributed by atoms with Crippen molar-refractivity contribution in [2.24, 2.45) is 5.41 Å². The zero-order chi connectivity index (χ0) is 23.6. The van der Waals surface area contributed by atoms with E-state index in [4.69, 9.17) is 9.47 Å². The maximum atomic E-state index is 12.0. The van der Waals surface area contributed by atoms with E-state index in [1.165, 1.54) is 23.8 Å². The van der Waals surface area contributed by atoms with Gasteiger partial charge in [0, 0.05) is 18.7 Å². The fraction of sp³-hybridized carbons (Fsp3) is 0.464. The van der Waals surface area contributed by atoms with Gasteiger partial charge in [0.05, 0.1) is 19.6 Å². The summed E-state index contributed by atoms with van der Waals surface area (Å²) in [5.41, 5.74) is 4.70. The molecule has 0 radical (unpaired) electrons. The molecule has 1 aliphatic heterocycles. The van der Waals surface area contributed by atoms with Crippen LogP contribution in [0, 0.1) is 5.41 Å². The Morgan fingerprint density at radius 2 is 1.53 bits per heavy atom. The molecule has 0 atom stereocenters. The number of ether oxygens (including phenoxy) is 2. The lowest BCUT2D eigenvalue weighted by molar-refractivity contribution is -0.151. The molecule has 4 heteroatoms. The highest BCUT2D eigenvalue weighted by Crippen LogP contribution is 2.37. The summed E-state index contributed by atoms with van der Waals surface area (Å²) >= 11 is 0. The summed E-state index contributed by atoms with van der Waals surface area (Å²) in [6.07, 6.45) is 2.83. The molecule has 32 heavy (non-hydrogen) atoms. The normalized spacial score (nSPS) is 14.2. The number of hydrogen-bond donors (Lipinski definition) is 0. The second-order valence-electron chi connectivity index (χ2n) is 8.51. The Bertz CT molecular complexity index is 877. The van der Waals surface area contributed by atoms with Crippen LogP contribution in [0.5, 0.6) is 5.75 Å². The van der Waals surface area contributed by atoms with E-state index in [0.717, 1.165) is 50.2 Å². The van der Waals surface area contributed by atoms with E-state index in [9.17, 15) is 4.79 Å². The number of carbonyl (C=O) groups is 1. The largest absolute Gasteiger partial charge is 0.496 e. The molecule has 0 amide bonds. The Kier molecular flexibility index (Phi) is 9.98. The van der Waals surface area contributed by atoms with E-state index >= 15 is 0 Å². The van der Waals surface area contributed by atoms with Gasteiger partial charge >= 0.3 is 5.97 Å². The maximum Gasteiger partial charge on any atom is 0.311 e. The number of benzene rings is 2. The molecule has 0 spiro atoms. The molecule has 1 heterocycles. The van der Waals surface area contributed by atoms with Crippen LogP contribution < -0.4 is 4.74 Å². The summed E-state index contributed by atoms with van der Waals surface area (Å²) in [4.78, 5) is 14.4. The van der Waals surface area contributed by atoms with Crippen molar-refractivity contribution >= 4 is 11.5 Å². The number of methoxy groups -OCH3 is 2. The zero-order valence-electron chi connectivity index (χ0n) is 20.6. The number of hydrogen-bond acceptors (Lipinski definition) is 4. The quantitative estimate of drug-likeness (QED) is 0.483. The Morgan fingerprint density at radius 3 is 2.12 bits per heavy atom. The second-order valence-corrected chi connectivity index (χ2v) is 8.51. The lowest BCUT2D eigenvalue weighted by atomic mass is 9.87. The molecule has 2 aromatic carbocycles. The maximum absolute atomic E-state index is 12.0. The van der Waals surface area contributed by atoms with Crippen LogP contribution in [0.15, 0.2) is 60.2 Å². The molecule has 0 unspecified atom stereocenters. The summed E-state index contributed by atoms with van der Waals surface area (Å²) < 4.78 is 10.6. The van der Waals surface area contributed by atoms with Crippen molar-refractivity contribution < 1.29 is 14.3 Å². The van der Waals surface area contributed by atoms with E-state index in [2.05, 4.69) is 47.4 Å². The van der Waals surface area contributed by atoms with Crippen molar-refractivity contribution in [3.8, 4) is 5.75 Å². The zero-order valence-corrected chi connectivity index (χ0v) is 20.6. The van der Waals surface area contributed by atoms with Crippen molar-refractivity contribution in [2.75, 3.05) is 33.9 Å². The number of carbonyl (C=O) groups excluding carboxylic acids is 1. The third-order valence-corrected chi connectivity index (χ3v) is 6.04. The third-order valence-electron chi connectivity index (χ3n) is 6.04. The van der Waals surface area contributed by atoms with Crippen LogP contribution >= 0.6 is 0 Å². The van der Waals surface area contributed by atoms with Gasteiger partial charge in [-0.3, -0.25) is 4.79 Å². The molecule has 1 fully saturated rings. The van der Waals surface area contributed by atoms with Gasteiger partial charge in [-0.2, -0.15) is 0 Å². The van der Waals surface area contributed by atoms with E-state index < -0.39 is 5.41 Å². The van der Waals surface area contributed by atoms with E-state index in [1.54, 1.807) is 7.11 Å². The van der Waals surface area contributed by atoms with Gasteiger partial charge in [0.1, 0.15) is 5.75 Å². The summed E-state index contributed by atoms with van der Waals surface area (Å²) in [6.45, 7) is 10.8. The molecule has 0 saturated carbocycles. The summed E-state index contributed by atoms with van der Waals surface area (Å²) in [5.74, 6) is 0.772. The third kappa shape index (κ3) is 6.46. The molecule has 0 aromatic heterocycles. The SMILES string of the molecule is CC.COC(=O)C(C)(C)CCN1CCC(=C(c2ccccc2)c2ccccc2OC)CC1. The molecule has 0 aliphatic carbocycles. The summed E-state index contributed by atoms with van der Waals surface area (Å²) in [7, 11) is 3.20. The van der Waals surface area contributed by atoms with Crippen molar-refractivity contribution in [1.29, 1.82) is 0 Å². The Hall–Kier alpha value is -2.59. The summed E-state index contributed by atoms with van der Waals surface area (Å²) in [6, 6.07) is 18.9. The average molecular weight is 438 g/mol. The smallest absolute Gasteiger partial charge is 0.311 e. The number of rotatable bonds is 7. The van der Waals surface area contributed by atoms with Gasteiger partial charge in [-0.05, 0) is 56.9 Å². The van der Waals surface area contributed by atoms with Gasteiger partial charge in [0.25, 0.3) is 0 Å². The summed E-state index contributed by atoms with van der Waals surface area (Å²) in [5, 5.41) is 0. The van der Waals surface area contributed by atoms with Crippen molar-refractivity contribution in [2.45, 2.75) is 47.0 Å². The minimum absolute atomic E-state index is 0.136. The van der Waals surface area contributed by atoms with Gasteiger partial charge < -0.3 is 14.4 Å². The van der Waals surface area contributed by atoms with Gasteiger partial charge in [0.2, 0.25) is 0 Å². The molecule has 174 valence electrons. The number of nitrogens with zero attached hydrogens (tertiary/aromatic N) is 1. The standard InChI is InChI=1S/C26H33NO3.C2H6/c1-26(2,25(28)30-4)16-19-27-17-14-21(15-18-27)24(20-10-6-5-7-11-20)22-12-8-9-13-23(22)29-3;1-2/h5-13H,14-19H2,1-4H3;1-2H3. The fourth-order valence-electron chi connectivity index (χ4n) is 4.12. The van der Waals surface area contributed by atoms with Crippen LogP contribution in [0.4, 0.5) is 0 Å². The van der Waals surface area contributed by atoms with Crippen LogP contribution in [-0.4, -0.2) is 44.7 Å². The fourth-order valence-corrected chi connectivity index (χ4v) is 4.12. The first-order valence-electron chi connectivity index (χ1n) is 11.7. The molecular formula is C28H39NO3. The van der Waals surface area contributed by atoms with Crippen LogP contribution in [-0.2, 0) is 9.53 Å². The monoisotopic (exact) mass is 437 g/mol. The van der Waals surface area contributed by atoms with E-state index in [0.29, 0.717) is 0 Å². The lowest BCUT2D eigenvalue weighted by Gasteiger charge is -2.32. The minimum Gasteiger partial charge on any atom is -0.496 e. The van der Waals surface area contributed by atoms with Crippen molar-refractivity contribution in [3.05, 3.63) is 71.3 Å². The van der Waals surface area contributed by atoms with Crippen LogP contribution in [0.2, 0.25) is 0 Å². The molecule has 3 rings (SSSR count). The minimum atomic E-state index is -0.447. The highest BCUT2D eigenvalue weighted by molar-refractivity contribution is 5.85. The Balaban J connectivity index is 0.00000176. The molecule has 0 N–H and O–H groups in total. The number of piperidine rings is 1. The number of para-hydroxylation sites is 1. The van der Waals surface area contributed by atoms with E-state index in [-0.39, 0.29) is 5.97 Å². The molecule has 1 aliphatic rings. The molecule has 4 nitrogen and oxygen atoms in total. The first kappa shape index (κ1) is 25.7. The van der Waals surface area contributed by atoms with Gasteiger partial charge in [-0.1, -0.05) is 68.0 Å². The molecule has 1 saturated heterocycles. The number of likely N-dealkylation sites (tertiary alicyclic amines) is 1. The molecule has 2 aromatic rings. The highest BCUT2D eigenvalue weighted by Gasteiger charge is 2.29. The van der Waals surface area contributed by atoms with Crippen LogP contribution in [0.3, 0.4) is 0 Å². The van der Waals surface area contributed by atoms with E-state index in [1.807, 2.05) is 39.8 Å². The van der Waals surface area contributed by atoms with Crippen LogP contribution in [0.1, 0.15) is 58.1 Å². The average Bonchev–Trinajstić information content (AvgIpc) is 2.85. The predicted molar refractivity (Wildman–Crippen MR) is 133 cm³/mol. The van der Waals surface area contributed by atoms with Gasteiger partial charge in [0.15, 0.2) is 0 Å². The topological polar surface area (TPSA) is 38.8 Å². The van der Waals surface area contributed by atoms with Gasteiger partial charge in [-0.15, -0.1) is 0 Å². The Morgan fingerprint density at radius 1 is 0.938 bits per heavy atom. The number of esters is 1. The van der Waals surface area contributed by atoms with Gasteiger partial charge in [-0.25, -0.2) is 0 Å². The van der Waals surface area contributed by atoms with Crippen molar-refractivity contribution in [1.82, 2.24) is 4.90 Å². The lowest BCUT2D eigenvalue weighted by Crippen LogP contribution is -2.36. The van der Waals surface area contributed by atoms with Crippen LogP contribution in [0.25, 0.3) is 5.57 Å². The molecule has 0 bridgehead atoms. The predicted octanol–water partition coefficient (Wildman–Crippen LogP) is 6.21. The van der Waals surface area contributed by atoms with Crippen molar-refractivity contribution in [3.63, 3.8) is 0 Å². The molecular weight excluding hydrogens is 398 g/mol. The first-order valence-corrected chi connectivity index (χ1v) is 11.7. The highest BCUT2D eigenvalue weighted by atomic mass is 16.5. The first-order chi connectivity index (χ1) is 15.5. The Labute approximate surface area is 194 Å². The second kappa shape index (κ2) is 12.4.